The number of rotatable bonds is 5. The third kappa shape index (κ3) is 6.28. The maximum absolute atomic E-state index is 7.24. The minimum Gasteiger partial charge on any atom is -0.468 e. The SMILES string of the molecule is CC(C)(C)c1ccc(-c2cccc(N3c4cccc5c4B(c4ccc(-c6ccc(C(C)(C)C)cc6)cc4N5c4ccccc4)c4oc5ccc(-c6ccccc6)cc5c43)c2)cc1. The normalized spacial score (nSPS) is 13.2. The summed E-state index contributed by atoms with van der Waals surface area (Å²) in [5.41, 5.74) is 21.0. The molecule has 0 saturated carbocycles. The van der Waals surface area contributed by atoms with Gasteiger partial charge in [0.05, 0.1) is 11.3 Å². The molecule has 3 heterocycles. The largest absolute Gasteiger partial charge is 0.468 e. The molecule has 0 fully saturated rings. The number of para-hydroxylation sites is 1. The van der Waals surface area contributed by atoms with E-state index in [1.165, 1.54) is 49.9 Å². The average Bonchev–Trinajstić information content (AvgIpc) is 3.67. The molecule has 2 aliphatic heterocycles. The molecule has 9 aromatic rings. The number of anilines is 6. The highest BCUT2D eigenvalue weighted by Gasteiger charge is 2.46. The fraction of sp³-hybridized carbons (Fsp3) is 0.138. The molecule has 0 bridgehead atoms. The molecule has 0 aliphatic carbocycles. The van der Waals surface area contributed by atoms with Crippen LogP contribution in [0, 0.1) is 0 Å². The summed E-state index contributed by atoms with van der Waals surface area (Å²) in [6, 6.07) is 69.3. The lowest BCUT2D eigenvalue weighted by Gasteiger charge is -2.42. The molecule has 62 heavy (non-hydrogen) atoms. The Morgan fingerprint density at radius 1 is 0.403 bits per heavy atom. The molecule has 0 atom stereocenters. The van der Waals surface area contributed by atoms with Gasteiger partial charge in [0.15, 0.2) is 0 Å². The molecular formula is C58H49BN2O. The van der Waals surface area contributed by atoms with Crippen molar-refractivity contribution in [3.05, 3.63) is 199 Å². The molecule has 2 aliphatic rings. The number of fused-ring (bicyclic) bond motifs is 6. The molecule has 0 radical (unpaired) electrons. The van der Waals surface area contributed by atoms with E-state index in [-0.39, 0.29) is 17.5 Å². The number of hydrogen-bond acceptors (Lipinski definition) is 3. The Bertz CT molecular complexity index is 3130. The molecule has 0 unspecified atom stereocenters. The van der Waals surface area contributed by atoms with Gasteiger partial charge < -0.3 is 14.2 Å². The topological polar surface area (TPSA) is 19.6 Å². The molecule has 4 heteroatoms. The standard InChI is InChI=1S/C58H49BN2O/c1-57(2,3)44-29-23-39(24-30-44)41-17-13-20-47(35-41)61-51-22-14-21-50-54(51)59(56-55(61)48-36-42(28-34-53(48)62-56)38-15-9-7-10-16-38)49-33-27-43(40-25-31-45(32-26-40)58(4,5)6)37-52(49)60(50)46-18-11-8-12-19-46/h7-37H,1-6H3. The van der Waals surface area contributed by atoms with E-state index in [2.05, 4.69) is 239 Å². The van der Waals surface area contributed by atoms with Crippen LogP contribution in [-0.2, 0) is 10.8 Å². The minimum absolute atomic E-state index is 0.0833. The Kier molecular flexibility index (Phi) is 8.74. The smallest absolute Gasteiger partial charge is 0.297 e. The van der Waals surface area contributed by atoms with Crippen molar-refractivity contribution in [2.75, 3.05) is 9.80 Å². The van der Waals surface area contributed by atoms with Crippen molar-refractivity contribution in [2.45, 2.75) is 52.4 Å². The van der Waals surface area contributed by atoms with Crippen LogP contribution in [0.3, 0.4) is 0 Å². The van der Waals surface area contributed by atoms with Gasteiger partial charge in [-0.05, 0) is 121 Å². The van der Waals surface area contributed by atoms with E-state index in [0.29, 0.717) is 0 Å². The van der Waals surface area contributed by atoms with E-state index < -0.39 is 0 Å². The molecule has 8 aromatic carbocycles. The summed E-state index contributed by atoms with van der Waals surface area (Å²) in [6.07, 6.45) is 0. The van der Waals surface area contributed by atoms with Gasteiger partial charge in [-0.3, -0.25) is 0 Å². The Hall–Kier alpha value is -7.04. The minimum atomic E-state index is -0.138. The molecule has 0 N–H and O–H groups in total. The third-order valence-electron chi connectivity index (χ3n) is 13.0. The molecule has 300 valence electrons. The lowest BCUT2D eigenvalue weighted by molar-refractivity contribution is 0.590. The first-order chi connectivity index (χ1) is 30.0. The molecule has 1 aromatic heterocycles. The van der Waals surface area contributed by atoms with Gasteiger partial charge in [0.1, 0.15) is 5.58 Å². The van der Waals surface area contributed by atoms with E-state index in [9.17, 15) is 0 Å². The van der Waals surface area contributed by atoms with E-state index in [1.807, 2.05) is 0 Å². The summed E-state index contributed by atoms with van der Waals surface area (Å²) in [6.45, 7) is 13.5. The van der Waals surface area contributed by atoms with Gasteiger partial charge in [-0.2, -0.15) is 0 Å². The Morgan fingerprint density at radius 2 is 0.903 bits per heavy atom. The van der Waals surface area contributed by atoms with E-state index in [4.69, 9.17) is 4.42 Å². The highest BCUT2D eigenvalue weighted by Crippen LogP contribution is 2.48. The summed E-state index contributed by atoms with van der Waals surface area (Å²) in [5, 5.41) is 1.10. The number of furan rings is 1. The molecule has 3 nitrogen and oxygen atoms in total. The second-order valence-electron chi connectivity index (χ2n) is 19.0. The van der Waals surface area contributed by atoms with Gasteiger partial charge in [-0.1, -0.05) is 175 Å². The van der Waals surface area contributed by atoms with Crippen LogP contribution in [0.1, 0.15) is 52.7 Å². The predicted octanol–water partition coefficient (Wildman–Crippen LogP) is 14.1. The molecule has 11 rings (SSSR count). The zero-order valence-electron chi connectivity index (χ0n) is 36.3. The Balaban J connectivity index is 1.15. The van der Waals surface area contributed by atoms with Crippen molar-refractivity contribution in [1.82, 2.24) is 0 Å². The molecular weight excluding hydrogens is 751 g/mol. The first-order valence-corrected chi connectivity index (χ1v) is 21.9. The highest BCUT2D eigenvalue weighted by molar-refractivity contribution is 7.00. The monoisotopic (exact) mass is 800 g/mol. The van der Waals surface area contributed by atoms with E-state index >= 15 is 0 Å². The van der Waals surface area contributed by atoms with Crippen LogP contribution in [0.25, 0.3) is 44.3 Å². The van der Waals surface area contributed by atoms with Gasteiger partial charge in [-0.15, -0.1) is 0 Å². The van der Waals surface area contributed by atoms with Gasteiger partial charge in [0.25, 0.3) is 6.71 Å². The van der Waals surface area contributed by atoms with Crippen LogP contribution in [0.5, 0.6) is 0 Å². The number of hydrogen-bond donors (Lipinski definition) is 0. The third-order valence-corrected chi connectivity index (χ3v) is 13.0. The number of nitrogens with zero attached hydrogens (tertiary/aromatic N) is 2. The summed E-state index contributed by atoms with van der Waals surface area (Å²) < 4.78 is 7.24. The van der Waals surface area contributed by atoms with Crippen molar-refractivity contribution in [3.8, 4) is 33.4 Å². The van der Waals surface area contributed by atoms with Crippen molar-refractivity contribution < 1.29 is 4.42 Å². The molecule has 0 spiro atoms. The zero-order valence-corrected chi connectivity index (χ0v) is 36.3. The quantitative estimate of drug-likeness (QED) is 0.162. The lowest BCUT2D eigenvalue weighted by Crippen LogP contribution is -2.60. The van der Waals surface area contributed by atoms with Crippen molar-refractivity contribution in [2.24, 2.45) is 0 Å². The fourth-order valence-corrected chi connectivity index (χ4v) is 9.68. The summed E-state index contributed by atoms with van der Waals surface area (Å²) in [4.78, 5) is 4.93. The summed E-state index contributed by atoms with van der Waals surface area (Å²) in [7, 11) is 0. The van der Waals surface area contributed by atoms with Gasteiger partial charge in [0, 0.05) is 33.8 Å². The van der Waals surface area contributed by atoms with Crippen molar-refractivity contribution in [3.63, 3.8) is 0 Å². The average molecular weight is 801 g/mol. The second kappa shape index (κ2) is 14.3. The summed E-state index contributed by atoms with van der Waals surface area (Å²) in [5.74, 6) is 0. The van der Waals surface area contributed by atoms with Crippen LogP contribution in [-0.4, -0.2) is 6.71 Å². The van der Waals surface area contributed by atoms with Crippen molar-refractivity contribution >= 4 is 68.4 Å². The maximum Gasteiger partial charge on any atom is 0.297 e. The maximum atomic E-state index is 7.24. The predicted molar refractivity (Wildman–Crippen MR) is 264 cm³/mol. The first kappa shape index (κ1) is 37.9. The van der Waals surface area contributed by atoms with Crippen LogP contribution < -0.4 is 26.4 Å². The summed E-state index contributed by atoms with van der Waals surface area (Å²) >= 11 is 0. The Labute approximate surface area is 366 Å². The zero-order chi connectivity index (χ0) is 42.3. The number of benzene rings is 8. The van der Waals surface area contributed by atoms with Gasteiger partial charge in [0.2, 0.25) is 0 Å². The Morgan fingerprint density at radius 3 is 1.55 bits per heavy atom. The lowest BCUT2D eigenvalue weighted by atomic mass is 9.35. The van der Waals surface area contributed by atoms with Gasteiger partial charge >= 0.3 is 0 Å². The van der Waals surface area contributed by atoms with Crippen LogP contribution in [0.2, 0.25) is 0 Å². The van der Waals surface area contributed by atoms with Crippen LogP contribution in [0.15, 0.2) is 192 Å². The van der Waals surface area contributed by atoms with E-state index in [1.54, 1.807) is 0 Å². The van der Waals surface area contributed by atoms with E-state index in [0.717, 1.165) is 56.3 Å². The van der Waals surface area contributed by atoms with Crippen molar-refractivity contribution in [1.29, 1.82) is 0 Å². The fourth-order valence-electron chi connectivity index (χ4n) is 9.68. The first-order valence-electron chi connectivity index (χ1n) is 21.9. The van der Waals surface area contributed by atoms with Gasteiger partial charge in [-0.25, -0.2) is 0 Å². The molecule has 0 saturated heterocycles. The second-order valence-corrected chi connectivity index (χ2v) is 19.0. The highest BCUT2D eigenvalue weighted by atomic mass is 16.3. The van der Waals surface area contributed by atoms with Crippen LogP contribution >= 0.6 is 0 Å². The molecule has 0 amide bonds. The van der Waals surface area contributed by atoms with Crippen LogP contribution in [0.4, 0.5) is 34.1 Å².